The fraction of sp³-hybridized carbons (Fsp3) is 0.0909. The summed E-state index contributed by atoms with van der Waals surface area (Å²) in [6.07, 6.45) is 4.99. The third kappa shape index (κ3) is 2.29. The number of hydrogen-bond acceptors (Lipinski definition) is 4. The molecular formula is C11H9N5O. The van der Waals surface area contributed by atoms with Crippen molar-refractivity contribution in [2.45, 2.75) is 6.92 Å². The van der Waals surface area contributed by atoms with Crippen LogP contribution >= 0.6 is 0 Å². The van der Waals surface area contributed by atoms with Crippen LogP contribution in [0.15, 0.2) is 30.7 Å². The zero-order chi connectivity index (χ0) is 12.3. The van der Waals surface area contributed by atoms with Gasteiger partial charge in [-0.1, -0.05) is 0 Å². The lowest BCUT2D eigenvalue weighted by Crippen LogP contribution is -2.21. The van der Waals surface area contributed by atoms with Gasteiger partial charge in [-0.2, -0.15) is 5.26 Å². The number of aromatic nitrogens is 3. The molecule has 0 atom stereocenters. The van der Waals surface area contributed by atoms with Crippen LogP contribution in [0.25, 0.3) is 11.3 Å². The summed E-state index contributed by atoms with van der Waals surface area (Å²) in [6, 6.07) is 5.15. The zero-order valence-corrected chi connectivity index (χ0v) is 9.08. The van der Waals surface area contributed by atoms with E-state index in [9.17, 15) is 4.79 Å². The molecule has 6 heteroatoms. The minimum Gasteiger partial charge on any atom is -0.264 e. The number of rotatable bonds is 2. The monoisotopic (exact) mass is 227 g/mol. The van der Waals surface area contributed by atoms with Crippen molar-refractivity contribution >= 4 is 5.91 Å². The Bertz CT molecular complexity index is 582. The first-order chi connectivity index (χ1) is 8.20. The Morgan fingerprint density at radius 1 is 1.59 bits per heavy atom. The van der Waals surface area contributed by atoms with Crippen LogP contribution in [0, 0.1) is 18.3 Å². The van der Waals surface area contributed by atoms with Gasteiger partial charge in [-0.25, -0.2) is 15.1 Å². The molecule has 0 saturated carbocycles. The van der Waals surface area contributed by atoms with Crippen LogP contribution in [-0.2, 0) is 4.79 Å². The topological polar surface area (TPSA) is 83.6 Å². The molecule has 0 aliphatic heterocycles. The molecule has 2 rings (SSSR count). The highest BCUT2D eigenvalue weighted by Gasteiger charge is 2.08. The van der Waals surface area contributed by atoms with Gasteiger partial charge in [-0.3, -0.25) is 9.78 Å². The number of imidazole rings is 1. The van der Waals surface area contributed by atoms with Crippen LogP contribution in [0.1, 0.15) is 5.82 Å². The molecule has 1 amide bonds. The van der Waals surface area contributed by atoms with Gasteiger partial charge in [0.1, 0.15) is 5.82 Å². The Kier molecular flexibility index (Phi) is 2.83. The van der Waals surface area contributed by atoms with E-state index in [0.29, 0.717) is 11.5 Å². The second kappa shape index (κ2) is 4.45. The van der Waals surface area contributed by atoms with Gasteiger partial charge in [-0.05, 0) is 19.1 Å². The number of pyridine rings is 1. The van der Waals surface area contributed by atoms with Gasteiger partial charge in [0.05, 0.1) is 11.9 Å². The van der Waals surface area contributed by atoms with Gasteiger partial charge in [0.2, 0.25) is 0 Å². The lowest BCUT2D eigenvalue weighted by Gasteiger charge is -2.01. The third-order valence-corrected chi connectivity index (χ3v) is 2.16. The minimum atomic E-state index is -0.733. The summed E-state index contributed by atoms with van der Waals surface area (Å²) in [6.45, 7) is 1.73. The lowest BCUT2D eigenvalue weighted by molar-refractivity contribution is -0.112. The smallest absolute Gasteiger partial charge is 0.264 e. The van der Waals surface area contributed by atoms with Crippen molar-refractivity contribution < 1.29 is 4.79 Å². The summed E-state index contributed by atoms with van der Waals surface area (Å²) in [4.78, 5) is 19.2. The number of nitriles is 1. The highest BCUT2D eigenvalue weighted by atomic mass is 16.2. The van der Waals surface area contributed by atoms with Gasteiger partial charge >= 0.3 is 5.91 Å². The van der Waals surface area contributed by atoms with E-state index in [-0.39, 0.29) is 0 Å². The Labute approximate surface area is 97.5 Å². The van der Waals surface area contributed by atoms with Crippen molar-refractivity contribution in [3.63, 3.8) is 0 Å². The van der Waals surface area contributed by atoms with Gasteiger partial charge in [0.15, 0.2) is 6.07 Å². The molecule has 0 saturated heterocycles. The van der Waals surface area contributed by atoms with E-state index < -0.39 is 5.91 Å². The summed E-state index contributed by atoms with van der Waals surface area (Å²) >= 11 is 0. The molecule has 0 unspecified atom stereocenters. The number of hydrogen-bond donors (Lipinski definition) is 1. The molecule has 0 bridgehead atoms. The zero-order valence-electron chi connectivity index (χ0n) is 9.08. The molecule has 0 radical (unpaired) electrons. The third-order valence-electron chi connectivity index (χ3n) is 2.16. The van der Waals surface area contributed by atoms with Crippen LogP contribution in [-0.4, -0.2) is 20.6 Å². The van der Waals surface area contributed by atoms with Crippen molar-refractivity contribution in [1.29, 1.82) is 5.26 Å². The number of aryl methyl sites for hydroxylation is 1. The predicted octanol–water partition coefficient (Wildman–Crippen LogP) is 0.847. The fourth-order valence-corrected chi connectivity index (χ4v) is 1.37. The lowest BCUT2D eigenvalue weighted by atomic mass is 10.2. The van der Waals surface area contributed by atoms with Crippen molar-refractivity contribution in [3.8, 4) is 17.3 Å². The molecule has 84 valence electrons. The maximum absolute atomic E-state index is 10.9. The second-order valence-corrected chi connectivity index (χ2v) is 3.34. The van der Waals surface area contributed by atoms with Gasteiger partial charge < -0.3 is 0 Å². The summed E-state index contributed by atoms with van der Waals surface area (Å²) < 4.78 is 1.41. The molecule has 0 aliphatic carbocycles. The summed E-state index contributed by atoms with van der Waals surface area (Å²) in [5.74, 6) is -0.143. The van der Waals surface area contributed by atoms with E-state index in [1.165, 1.54) is 10.7 Å². The van der Waals surface area contributed by atoms with Crippen LogP contribution in [0.2, 0.25) is 0 Å². The molecule has 2 heterocycles. The normalized spacial score (nSPS) is 9.65. The Morgan fingerprint density at radius 3 is 3.06 bits per heavy atom. The average molecular weight is 227 g/mol. The summed E-state index contributed by atoms with van der Waals surface area (Å²) in [5, 5.41) is 8.41. The molecular weight excluding hydrogens is 218 g/mol. The average Bonchev–Trinajstić information content (AvgIpc) is 2.72. The van der Waals surface area contributed by atoms with Crippen LogP contribution in [0.3, 0.4) is 0 Å². The van der Waals surface area contributed by atoms with E-state index in [1.54, 1.807) is 31.6 Å². The van der Waals surface area contributed by atoms with Crippen LogP contribution in [0.4, 0.5) is 0 Å². The van der Waals surface area contributed by atoms with Crippen LogP contribution in [0.5, 0.6) is 0 Å². The number of nitrogens with one attached hydrogen (secondary N) is 1. The van der Waals surface area contributed by atoms with Gasteiger partial charge in [0, 0.05) is 18.0 Å². The van der Waals surface area contributed by atoms with Crippen molar-refractivity contribution in [3.05, 3.63) is 36.5 Å². The molecule has 0 spiro atoms. The van der Waals surface area contributed by atoms with Crippen molar-refractivity contribution in [2.24, 2.45) is 0 Å². The summed E-state index contributed by atoms with van der Waals surface area (Å²) in [7, 11) is 0. The second-order valence-electron chi connectivity index (χ2n) is 3.34. The molecule has 2 aromatic heterocycles. The highest BCUT2D eigenvalue weighted by Crippen LogP contribution is 2.16. The predicted molar refractivity (Wildman–Crippen MR) is 60.2 cm³/mol. The van der Waals surface area contributed by atoms with Crippen molar-refractivity contribution in [2.75, 3.05) is 5.43 Å². The number of amides is 1. The maximum Gasteiger partial charge on any atom is 0.341 e. The van der Waals surface area contributed by atoms with Gasteiger partial charge in [-0.15, -0.1) is 0 Å². The van der Waals surface area contributed by atoms with E-state index in [4.69, 9.17) is 5.26 Å². The van der Waals surface area contributed by atoms with Crippen LogP contribution < -0.4 is 5.43 Å². The number of carbonyl (C=O) groups is 1. The van der Waals surface area contributed by atoms with Crippen molar-refractivity contribution in [1.82, 2.24) is 14.6 Å². The maximum atomic E-state index is 10.9. The number of nitrogens with zero attached hydrogens (tertiary/aromatic N) is 4. The first kappa shape index (κ1) is 10.8. The first-order valence-electron chi connectivity index (χ1n) is 4.88. The molecule has 1 N–H and O–H groups in total. The summed E-state index contributed by atoms with van der Waals surface area (Å²) in [5.41, 5.74) is 3.92. The molecule has 2 aromatic rings. The Balaban J connectivity index is 2.32. The molecule has 0 fully saturated rings. The molecule has 6 nitrogen and oxygen atoms in total. The quantitative estimate of drug-likeness (QED) is 0.771. The van der Waals surface area contributed by atoms with E-state index in [1.807, 2.05) is 6.07 Å². The SMILES string of the molecule is Cc1nc(-c2cccnc2)cn1NC(=O)C#N. The molecule has 17 heavy (non-hydrogen) atoms. The minimum absolute atomic E-state index is 0.590. The number of carbonyl (C=O) groups excluding carboxylic acids is 1. The molecule has 0 aromatic carbocycles. The van der Waals surface area contributed by atoms with E-state index in [0.717, 1.165) is 5.56 Å². The Hall–Kier alpha value is -2.68. The fourth-order valence-electron chi connectivity index (χ4n) is 1.37. The van der Waals surface area contributed by atoms with E-state index >= 15 is 0 Å². The van der Waals surface area contributed by atoms with Gasteiger partial charge in [0.25, 0.3) is 0 Å². The molecule has 0 aliphatic rings. The highest BCUT2D eigenvalue weighted by molar-refractivity contribution is 5.97. The standard InChI is InChI=1S/C11H9N5O/c1-8-14-10(9-3-2-4-13-6-9)7-16(8)15-11(17)5-12/h2-4,6-7H,1H3,(H,15,17). The first-order valence-corrected chi connectivity index (χ1v) is 4.88. The Morgan fingerprint density at radius 2 is 2.41 bits per heavy atom. The largest absolute Gasteiger partial charge is 0.341 e. The van der Waals surface area contributed by atoms with E-state index in [2.05, 4.69) is 15.4 Å².